The van der Waals surface area contributed by atoms with E-state index < -0.39 is 0 Å². The third-order valence-electron chi connectivity index (χ3n) is 3.40. The molecule has 18 heavy (non-hydrogen) atoms. The summed E-state index contributed by atoms with van der Waals surface area (Å²) in [5.74, 6) is 0.979. The molecule has 1 aliphatic rings. The standard InChI is InChI=1S/C13H18N4S/c1-10-15-12(9-18-10)8-17-7-6-14-13(17)16-11-4-2-3-5-11/h6-7,9,11H,2-5,8H2,1H3,(H,14,16). The summed E-state index contributed by atoms with van der Waals surface area (Å²) in [6.07, 6.45) is 9.08. The molecule has 1 aliphatic carbocycles. The van der Waals surface area contributed by atoms with Crippen LogP contribution in [0, 0.1) is 6.92 Å². The first-order chi connectivity index (χ1) is 8.81. The summed E-state index contributed by atoms with van der Waals surface area (Å²) < 4.78 is 2.15. The van der Waals surface area contributed by atoms with Crippen molar-refractivity contribution in [1.29, 1.82) is 0 Å². The number of thiazole rings is 1. The van der Waals surface area contributed by atoms with Crippen LogP contribution < -0.4 is 5.32 Å². The molecule has 0 bridgehead atoms. The number of hydrogen-bond donors (Lipinski definition) is 1. The van der Waals surface area contributed by atoms with E-state index in [1.54, 1.807) is 11.3 Å². The molecule has 5 heteroatoms. The monoisotopic (exact) mass is 262 g/mol. The zero-order valence-electron chi connectivity index (χ0n) is 10.6. The fourth-order valence-electron chi connectivity index (χ4n) is 2.49. The quantitative estimate of drug-likeness (QED) is 0.921. The molecule has 1 fully saturated rings. The van der Waals surface area contributed by atoms with Crippen LogP contribution in [0.15, 0.2) is 17.8 Å². The van der Waals surface area contributed by atoms with Gasteiger partial charge in [-0.2, -0.15) is 0 Å². The molecule has 1 saturated carbocycles. The van der Waals surface area contributed by atoms with Gasteiger partial charge in [0.15, 0.2) is 0 Å². The van der Waals surface area contributed by atoms with Crippen LogP contribution in [0.2, 0.25) is 0 Å². The van der Waals surface area contributed by atoms with E-state index >= 15 is 0 Å². The Bertz CT molecular complexity index is 511. The zero-order chi connectivity index (χ0) is 12.4. The van der Waals surface area contributed by atoms with Crippen LogP contribution in [-0.4, -0.2) is 20.6 Å². The average molecular weight is 262 g/mol. The third kappa shape index (κ3) is 2.56. The van der Waals surface area contributed by atoms with E-state index in [2.05, 4.69) is 25.2 Å². The van der Waals surface area contributed by atoms with Gasteiger partial charge in [0.05, 0.1) is 17.2 Å². The van der Waals surface area contributed by atoms with Crippen LogP contribution in [0.1, 0.15) is 36.4 Å². The van der Waals surface area contributed by atoms with E-state index in [9.17, 15) is 0 Å². The van der Waals surface area contributed by atoms with Crippen LogP contribution in [-0.2, 0) is 6.54 Å². The summed E-state index contributed by atoms with van der Waals surface area (Å²) in [7, 11) is 0. The fourth-order valence-corrected chi connectivity index (χ4v) is 3.09. The number of imidazole rings is 1. The SMILES string of the molecule is Cc1nc(Cn2ccnc2NC2CCCC2)cs1. The number of aryl methyl sites for hydroxylation is 1. The Balaban J connectivity index is 1.70. The van der Waals surface area contributed by atoms with Gasteiger partial charge in [0.25, 0.3) is 0 Å². The summed E-state index contributed by atoms with van der Waals surface area (Å²) in [6, 6.07) is 0.600. The van der Waals surface area contributed by atoms with E-state index in [0.29, 0.717) is 6.04 Å². The summed E-state index contributed by atoms with van der Waals surface area (Å²) in [6.45, 7) is 2.85. The Hall–Kier alpha value is -1.36. The smallest absolute Gasteiger partial charge is 0.203 e. The highest BCUT2D eigenvalue weighted by Gasteiger charge is 2.16. The van der Waals surface area contributed by atoms with Crippen molar-refractivity contribution in [1.82, 2.24) is 14.5 Å². The number of nitrogens with zero attached hydrogens (tertiary/aromatic N) is 3. The summed E-state index contributed by atoms with van der Waals surface area (Å²) in [5, 5.41) is 6.78. The molecule has 0 atom stereocenters. The second-order valence-corrected chi connectivity index (χ2v) is 5.92. The van der Waals surface area contributed by atoms with Gasteiger partial charge in [-0.25, -0.2) is 9.97 Å². The first-order valence-corrected chi connectivity index (χ1v) is 7.38. The zero-order valence-corrected chi connectivity index (χ0v) is 11.4. The van der Waals surface area contributed by atoms with Crippen LogP contribution in [0.4, 0.5) is 5.95 Å². The van der Waals surface area contributed by atoms with Crippen molar-refractivity contribution in [2.75, 3.05) is 5.32 Å². The first-order valence-electron chi connectivity index (χ1n) is 6.50. The molecule has 2 aromatic heterocycles. The molecular formula is C13H18N4S. The molecule has 0 aromatic carbocycles. The van der Waals surface area contributed by atoms with Crippen molar-refractivity contribution in [3.05, 3.63) is 28.5 Å². The van der Waals surface area contributed by atoms with Crippen molar-refractivity contribution in [2.24, 2.45) is 0 Å². The van der Waals surface area contributed by atoms with Gasteiger partial charge in [-0.05, 0) is 19.8 Å². The van der Waals surface area contributed by atoms with Crippen LogP contribution >= 0.6 is 11.3 Å². The average Bonchev–Trinajstić information content (AvgIpc) is 3.05. The number of aromatic nitrogens is 3. The van der Waals surface area contributed by atoms with Crippen molar-refractivity contribution in [3.63, 3.8) is 0 Å². The summed E-state index contributed by atoms with van der Waals surface area (Å²) >= 11 is 1.70. The van der Waals surface area contributed by atoms with Gasteiger partial charge in [-0.3, -0.25) is 0 Å². The van der Waals surface area contributed by atoms with E-state index in [4.69, 9.17) is 0 Å². The van der Waals surface area contributed by atoms with Gasteiger partial charge < -0.3 is 9.88 Å². The maximum Gasteiger partial charge on any atom is 0.203 e. The number of anilines is 1. The molecule has 0 radical (unpaired) electrons. The van der Waals surface area contributed by atoms with Gasteiger partial charge in [0.2, 0.25) is 5.95 Å². The van der Waals surface area contributed by atoms with Crippen molar-refractivity contribution in [3.8, 4) is 0 Å². The van der Waals surface area contributed by atoms with Gasteiger partial charge >= 0.3 is 0 Å². The van der Waals surface area contributed by atoms with E-state index in [-0.39, 0.29) is 0 Å². The lowest BCUT2D eigenvalue weighted by Crippen LogP contribution is -2.18. The molecule has 0 spiro atoms. The lowest BCUT2D eigenvalue weighted by molar-refractivity contribution is 0.711. The highest BCUT2D eigenvalue weighted by Crippen LogP contribution is 2.22. The Labute approximate surface area is 111 Å². The molecule has 0 saturated heterocycles. The normalized spacial score (nSPS) is 16.3. The Kier molecular flexibility index (Phi) is 3.32. The van der Waals surface area contributed by atoms with Crippen molar-refractivity contribution < 1.29 is 0 Å². The maximum atomic E-state index is 4.50. The lowest BCUT2D eigenvalue weighted by Gasteiger charge is -2.14. The predicted octanol–water partition coefficient (Wildman–Crippen LogP) is 3.05. The van der Waals surface area contributed by atoms with E-state index in [1.165, 1.54) is 25.7 Å². The molecule has 2 aromatic rings. The van der Waals surface area contributed by atoms with E-state index in [1.807, 2.05) is 19.3 Å². The second-order valence-electron chi connectivity index (χ2n) is 4.86. The second kappa shape index (κ2) is 5.10. The minimum absolute atomic E-state index is 0.600. The molecule has 3 rings (SSSR count). The molecule has 4 nitrogen and oxygen atoms in total. The van der Waals surface area contributed by atoms with Gasteiger partial charge in [-0.15, -0.1) is 11.3 Å². The molecule has 1 N–H and O–H groups in total. The Morgan fingerprint density at radius 2 is 2.28 bits per heavy atom. The van der Waals surface area contributed by atoms with Gasteiger partial charge in [-0.1, -0.05) is 12.8 Å². The summed E-state index contributed by atoms with van der Waals surface area (Å²) in [5.41, 5.74) is 1.12. The molecule has 2 heterocycles. The third-order valence-corrected chi connectivity index (χ3v) is 4.23. The largest absolute Gasteiger partial charge is 0.353 e. The van der Waals surface area contributed by atoms with Gasteiger partial charge in [0.1, 0.15) is 0 Å². The van der Waals surface area contributed by atoms with Crippen molar-refractivity contribution >= 4 is 17.3 Å². The van der Waals surface area contributed by atoms with Crippen LogP contribution in [0.25, 0.3) is 0 Å². The molecule has 96 valence electrons. The molecule has 0 amide bonds. The minimum Gasteiger partial charge on any atom is -0.353 e. The highest BCUT2D eigenvalue weighted by molar-refractivity contribution is 7.09. The first kappa shape index (κ1) is 11.7. The highest BCUT2D eigenvalue weighted by atomic mass is 32.1. The van der Waals surface area contributed by atoms with Crippen LogP contribution in [0.5, 0.6) is 0 Å². The lowest BCUT2D eigenvalue weighted by atomic mass is 10.2. The number of rotatable bonds is 4. The fraction of sp³-hybridized carbons (Fsp3) is 0.538. The Morgan fingerprint density at radius 3 is 3.00 bits per heavy atom. The molecule has 0 unspecified atom stereocenters. The van der Waals surface area contributed by atoms with Crippen LogP contribution in [0.3, 0.4) is 0 Å². The minimum atomic E-state index is 0.600. The number of hydrogen-bond acceptors (Lipinski definition) is 4. The summed E-state index contributed by atoms with van der Waals surface area (Å²) in [4.78, 5) is 8.91. The molecular weight excluding hydrogens is 244 g/mol. The molecule has 0 aliphatic heterocycles. The Morgan fingerprint density at radius 1 is 1.44 bits per heavy atom. The van der Waals surface area contributed by atoms with E-state index in [0.717, 1.165) is 23.2 Å². The van der Waals surface area contributed by atoms with Crippen molar-refractivity contribution in [2.45, 2.75) is 45.2 Å². The van der Waals surface area contributed by atoms with Gasteiger partial charge in [0, 0.05) is 23.8 Å². The maximum absolute atomic E-state index is 4.50. The topological polar surface area (TPSA) is 42.7 Å². The predicted molar refractivity (Wildman–Crippen MR) is 74.1 cm³/mol. The number of nitrogens with one attached hydrogen (secondary N) is 1.